The minimum absolute atomic E-state index is 0.0788. The lowest BCUT2D eigenvalue weighted by Gasteiger charge is -2.00. The van der Waals surface area contributed by atoms with Crippen LogP contribution in [0.4, 0.5) is 5.69 Å². The molecule has 2 rings (SSSR count). The molecule has 0 N–H and O–H groups in total. The van der Waals surface area contributed by atoms with Gasteiger partial charge in [-0.3, -0.25) is 10.1 Å². The van der Waals surface area contributed by atoms with E-state index in [1.165, 1.54) is 36.4 Å². The van der Waals surface area contributed by atoms with Crippen molar-refractivity contribution in [1.29, 1.82) is 0 Å². The number of hydrogen-bond acceptors (Lipinski definition) is 4. The first-order chi connectivity index (χ1) is 9.88. The van der Waals surface area contributed by atoms with Crippen LogP contribution in [0.3, 0.4) is 0 Å². The fraction of sp³-hybridized carbons (Fsp3) is 0.0667. The van der Waals surface area contributed by atoms with E-state index >= 15 is 0 Å². The maximum Gasteiger partial charge on any atom is 0.270 e. The second kappa shape index (κ2) is 5.88. The highest BCUT2D eigenvalue weighted by Crippen LogP contribution is 2.17. The van der Waals surface area contributed by atoms with E-state index in [-0.39, 0.29) is 10.6 Å². The lowest BCUT2D eigenvalue weighted by atomic mass is 10.2. The summed E-state index contributed by atoms with van der Waals surface area (Å²) in [5, 5.41) is 11.7. The number of non-ortho nitro benzene ring substituents is 1. The van der Waals surface area contributed by atoms with Crippen LogP contribution >= 0.6 is 0 Å². The fourth-order valence-corrected chi connectivity index (χ4v) is 2.73. The number of aryl methyl sites for hydroxylation is 1. The van der Waals surface area contributed by atoms with Crippen LogP contribution in [0.15, 0.2) is 58.8 Å². The normalized spacial score (nSPS) is 11.7. The molecule has 6 heteroatoms. The van der Waals surface area contributed by atoms with Crippen molar-refractivity contribution in [3.05, 3.63) is 75.2 Å². The molecule has 0 heterocycles. The van der Waals surface area contributed by atoms with Gasteiger partial charge >= 0.3 is 0 Å². The van der Waals surface area contributed by atoms with Gasteiger partial charge in [0.1, 0.15) is 0 Å². The Labute approximate surface area is 122 Å². The summed E-state index contributed by atoms with van der Waals surface area (Å²) in [4.78, 5) is 10.3. The smallest absolute Gasteiger partial charge is 0.258 e. The molecule has 0 spiro atoms. The molecule has 0 saturated carbocycles. The molecule has 0 aromatic heterocycles. The van der Waals surface area contributed by atoms with Gasteiger partial charge in [0.2, 0.25) is 0 Å². The van der Waals surface area contributed by atoms with E-state index in [9.17, 15) is 18.5 Å². The summed E-state index contributed by atoms with van der Waals surface area (Å²) in [5.41, 5.74) is 1.35. The van der Waals surface area contributed by atoms with Gasteiger partial charge in [-0.15, -0.1) is 0 Å². The van der Waals surface area contributed by atoms with Gasteiger partial charge in [-0.2, -0.15) is 0 Å². The van der Waals surface area contributed by atoms with Crippen LogP contribution in [0, 0.1) is 17.0 Å². The van der Waals surface area contributed by atoms with Gasteiger partial charge in [-0.25, -0.2) is 8.42 Å². The number of benzene rings is 2. The second-order valence-electron chi connectivity index (χ2n) is 4.51. The third kappa shape index (κ3) is 3.76. The number of nitro groups is 1. The molecule has 0 atom stereocenters. The van der Waals surface area contributed by atoms with Crippen LogP contribution in [0.5, 0.6) is 0 Å². The second-order valence-corrected chi connectivity index (χ2v) is 6.35. The van der Waals surface area contributed by atoms with Crippen molar-refractivity contribution in [2.45, 2.75) is 11.8 Å². The Hall–Kier alpha value is -2.47. The minimum atomic E-state index is -3.56. The SMILES string of the molecule is Cc1ccc(S(=O)(=O)/C=C/c2cccc([N+](=O)[O-])c2)cc1. The molecule has 0 bridgehead atoms. The first-order valence-electron chi connectivity index (χ1n) is 6.13. The molecule has 108 valence electrons. The molecule has 0 aliphatic carbocycles. The Morgan fingerprint density at radius 1 is 1.10 bits per heavy atom. The van der Waals surface area contributed by atoms with Gasteiger partial charge in [0, 0.05) is 17.5 Å². The summed E-state index contributed by atoms with van der Waals surface area (Å²) >= 11 is 0. The summed E-state index contributed by atoms with van der Waals surface area (Å²) in [6.07, 6.45) is 1.35. The van der Waals surface area contributed by atoms with Gasteiger partial charge in [-0.05, 0) is 30.7 Å². The summed E-state index contributed by atoms with van der Waals surface area (Å²) < 4.78 is 24.2. The van der Waals surface area contributed by atoms with Crippen LogP contribution in [0.2, 0.25) is 0 Å². The zero-order valence-electron chi connectivity index (χ0n) is 11.3. The van der Waals surface area contributed by atoms with Crippen molar-refractivity contribution in [2.75, 3.05) is 0 Å². The molecule has 0 saturated heterocycles. The summed E-state index contributed by atoms with van der Waals surface area (Å²) in [5.74, 6) is 0. The van der Waals surface area contributed by atoms with E-state index in [1.807, 2.05) is 6.92 Å². The zero-order valence-corrected chi connectivity index (χ0v) is 12.1. The Kier molecular flexibility index (Phi) is 4.18. The van der Waals surface area contributed by atoms with Crippen molar-refractivity contribution in [2.24, 2.45) is 0 Å². The molecule has 0 unspecified atom stereocenters. The average Bonchev–Trinajstić information content (AvgIpc) is 2.46. The topological polar surface area (TPSA) is 77.3 Å². The highest BCUT2D eigenvalue weighted by atomic mass is 32.2. The van der Waals surface area contributed by atoms with Gasteiger partial charge in [0.25, 0.3) is 5.69 Å². The van der Waals surface area contributed by atoms with E-state index in [0.29, 0.717) is 5.56 Å². The lowest BCUT2D eigenvalue weighted by Crippen LogP contribution is -1.96. The van der Waals surface area contributed by atoms with E-state index in [2.05, 4.69) is 0 Å². The first-order valence-corrected chi connectivity index (χ1v) is 7.67. The van der Waals surface area contributed by atoms with E-state index in [0.717, 1.165) is 11.0 Å². The third-order valence-electron chi connectivity index (χ3n) is 2.87. The van der Waals surface area contributed by atoms with Crippen LogP contribution in [0.1, 0.15) is 11.1 Å². The molecule has 5 nitrogen and oxygen atoms in total. The average molecular weight is 303 g/mol. The number of sulfone groups is 1. The zero-order chi connectivity index (χ0) is 15.5. The molecule has 2 aromatic rings. The lowest BCUT2D eigenvalue weighted by molar-refractivity contribution is -0.384. The summed E-state index contributed by atoms with van der Waals surface area (Å²) in [6, 6.07) is 12.3. The molecule has 0 radical (unpaired) electrons. The Bertz CT molecular complexity index is 793. The fourth-order valence-electron chi connectivity index (χ4n) is 1.72. The van der Waals surface area contributed by atoms with Crippen LogP contribution in [0.25, 0.3) is 6.08 Å². The Balaban J connectivity index is 2.29. The van der Waals surface area contributed by atoms with Gasteiger partial charge in [0.15, 0.2) is 9.84 Å². The number of rotatable bonds is 4. The summed E-state index contributed by atoms with van der Waals surface area (Å²) in [7, 11) is -3.56. The van der Waals surface area contributed by atoms with Gasteiger partial charge < -0.3 is 0 Å². The van der Waals surface area contributed by atoms with Crippen molar-refractivity contribution in [1.82, 2.24) is 0 Å². The molecular formula is C15H13NO4S. The number of nitro benzene ring substituents is 1. The maximum atomic E-state index is 12.1. The van der Waals surface area contributed by atoms with Crippen LogP contribution in [-0.2, 0) is 9.84 Å². The number of hydrogen-bond donors (Lipinski definition) is 0. The van der Waals surface area contributed by atoms with Crippen molar-refractivity contribution in [3.63, 3.8) is 0 Å². The highest BCUT2D eigenvalue weighted by molar-refractivity contribution is 7.94. The van der Waals surface area contributed by atoms with Gasteiger partial charge in [-0.1, -0.05) is 29.8 Å². The quantitative estimate of drug-likeness (QED) is 0.641. The molecular weight excluding hydrogens is 290 g/mol. The number of nitrogens with zero attached hydrogens (tertiary/aromatic N) is 1. The predicted octanol–water partition coefficient (Wildman–Crippen LogP) is 3.35. The molecule has 0 fully saturated rings. The standard InChI is InChI=1S/C15H13NO4S/c1-12-5-7-15(8-6-12)21(19,20)10-9-13-3-2-4-14(11-13)16(17)18/h2-11H,1H3/b10-9+. The van der Waals surface area contributed by atoms with Crippen molar-refractivity contribution < 1.29 is 13.3 Å². The van der Waals surface area contributed by atoms with Crippen LogP contribution < -0.4 is 0 Å². The third-order valence-corrected chi connectivity index (χ3v) is 4.29. The molecule has 21 heavy (non-hydrogen) atoms. The van der Waals surface area contributed by atoms with Gasteiger partial charge in [0.05, 0.1) is 9.82 Å². The Morgan fingerprint density at radius 3 is 2.38 bits per heavy atom. The summed E-state index contributed by atoms with van der Waals surface area (Å²) in [6.45, 7) is 1.87. The molecule has 0 aliphatic heterocycles. The molecule has 0 aliphatic rings. The molecule has 0 amide bonds. The van der Waals surface area contributed by atoms with E-state index < -0.39 is 14.8 Å². The largest absolute Gasteiger partial charge is 0.270 e. The first kappa shape index (κ1) is 14.9. The maximum absolute atomic E-state index is 12.1. The van der Waals surface area contributed by atoms with Crippen molar-refractivity contribution in [3.8, 4) is 0 Å². The Morgan fingerprint density at radius 2 is 1.76 bits per heavy atom. The minimum Gasteiger partial charge on any atom is -0.258 e. The van der Waals surface area contributed by atoms with E-state index in [4.69, 9.17) is 0 Å². The monoisotopic (exact) mass is 303 g/mol. The highest BCUT2D eigenvalue weighted by Gasteiger charge is 2.10. The predicted molar refractivity (Wildman–Crippen MR) is 80.5 cm³/mol. The van der Waals surface area contributed by atoms with Crippen LogP contribution in [-0.4, -0.2) is 13.3 Å². The van der Waals surface area contributed by atoms with E-state index in [1.54, 1.807) is 18.2 Å². The van der Waals surface area contributed by atoms with Crippen molar-refractivity contribution >= 4 is 21.6 Å². The molecule has 2 aromatic carbocycles.